The van der Waals surface area contributed by atoms with Crippen molar-refractivity contribution in [3.05, 3.63) is 52.0 Å². The van der Waals surface area contributed by atoms with Gasteiger partial charge in [-0.1, -0.05) is 18.2 Å². The van der Waals surface area contributed by atoms with Crippen molar-refractivity contribution in [1.29, 1.82) is 0 Å². The Labute approximate surface area is 123 Å². The Morgan fingerprint density at radius 1 is 1.20 bits per heavy atom. The van der Waals surface area contributed by atoms with Crippen molar-refractivity contribution in [2.24, 2.45) is 0 Å². The van der Waals surface area contributed by atoms with Crippen LogP contribution < -0.4 is 11.1 Å². The number of nitrogens with zero attached hydrogens (tertiary/aromatic N) is 1. The standard InChI is InChI=1S/C14H11N3OS2/c15-14-17-11(8-20-14)9-3-1-4-10(7-9)16-13(18)12-5-2-6-19-12/h1-8H,(H2,15,17)(H,16,18). The Kier molecular flexibility index (Phi) is 3.49. The number of thiophene rings is 1. The van der Waals surface area contributed by atoms with Crippen molar-refractivity contribution in [3.63, 3.8) is 0 Å². The minimum Gasteiger partial charge on any atom is -0.375 e. The average molecular weight is 301 g/mol. The molecule has 4 nitrogen and oxygen atoms in total. The third-order valence-electron chi connectivity index (χ3n) is 2.68. The van der Waals surface area contributed by atoms with Crippen LogP contribution in [0, 0.1) is 0 Å². The molecule has 6 heteroatoms. The van der Waals surface area contributed by atoms with E-state index in [2.05, 4.69) is 10.3 Å². The van der Waals surface area contributed by atoms with Gasteiger partial charge in [0, 0.05) is 16.6 Å². The molecule has 0 saturated carbocycles. The van der Waals surface area contributed by atoms with Crippen LogP contribution in [0.25, 0.3) is 11.3 Å². The fourth-order valence-electron chi connectivity index (χ4n) is 1.78. The number of anilines is 2. The van der Waals surface area contributed by atoms with Gasteiger partial charge in [0.1, 0.15) is 0 Å². The largest absolute Gasteiger partial charge is 0.375 e. The van der Waals surface area contributed by atoms with Gasteiger partial charge in [0.15, 0.2) is 5.13 Å². The van der Waals surface area contributed by atoms with Gasteiger partial charge in [0.05, 0.1) is 10.6 Å². The quantitative estimate of drug-likeness (QED) is 0.775. The van der Waals surface area contributed by atoms with Crippen LogP contribution in [-0.2, 0) is 0 Å². The minimum atomic E-state index is -0.102. The normalized spacial score (nSPS) is 10.4. The number of nitrogen functional groups attached to an aromatic ring is 1. The maximum Gasteiger partial charge on any atom is 0.265 e. The first-order valence-electron chi connectivity index (χ1n) is 5.89. The Bertz CT molecular complexity index is 734. The second-order valence-corrected chi connectivity index (χ2v) is 5.92. The van der Waals surface area contributed by atoms with Gasteiger partial charge in [-0.25, -0.2) is 4.98 Å². The van der Waals surface area contributed by atoms with E-state index in [1.54, 1.807) is 6.07 Å². The van der Waals surface area contributed by atoms with Crippen molar-refractivity contribution >= 4 is 39.4 Å². The lowest BCUT2D eigenvalue weighted by Crippen LogP contribution is -2.09. The van der Waals surface area contributed by atoms with E-state index >= 15 is 0 Å². The molecule has 0 aliphatic rings. The molecule has 0 saturated heterocycles. The maximum absolute atomic E-state index is 12.0. The molecule has 0 aliphatic heterocycles. The number of hydrogen-bond donors (Lipinski definition) is 2. The van der Waals surface area contributed by atoms with Crippen LogP contribution >= 0.6 is 22.7 Å². The van der Waals surface area contributed by atoms with Crippen molar-refractivity contribution < 1.29 is 4.79 Å². The minimum absolute atomic E-state index is 0.102. The number of carbonyl (C=O) groups is 1. The zero-order valence-electron chi connectivity index (χ0n) is 10.4. The van der Waals surface area contributed by atoms with Crippen LogP contribution in [0.5, 0.6) is 0 Å². The summed E-state index contributed by atoms with van der Waals surface area (Å²) in [5.41, 5.74) is 8.13. The molecule has 0 radical (unpaired) electrons. The number of nitrogens with two attached hydrogens (primary N) is 1. The third-order valence-corrected chi connectivity index (χ3v) is 4.23. The van der Waals surface area contributed by atoms with E-state index in [4.69, 9.17) is 5.73 Å². The predicted molar refractivity (Wildman–Crippen MR) is 84.2 cm³/mol. The number of amides is 1. The second-order valence-electron chi connectivity index (χ2n) is 4.08. The Morgan fingerprint density at radius 2 is 2.10 bits per heavy atom. The third kappa shape index (κ3) is 2.71. The topological polar surface area (TPSA) is 68.0 Å². The summed E-state index contributed by atoms with van der Waals surface area (Å²) < 4.78 is 0. The molecule has 2 aromatic heterocycles. The summed E-state index contributed by atoms with van der Waals surface area (Å²) >= 11 is 2.81. The van der Waals surface area contributed by atoms with Gasteiger partial charge in [0.2, 0.25) is 0 Å². The first-order chi connectivity index (χ1) is 9.72. The SMILES string of the molecule is Nc1nc(-c2cccc(NC(=O)c3cccs3)c2)cs1. The summed E-state index contributed by atoms with van der Waals surface area (Å²) in [5, 5.41) is 7.19. The van der Waals surface area contributed by atoms with Gasteiger partial charge in [-0.3, -0.25) is 4.79 Å². The monoisotopic (exact) mass is 301 g/mol. The maximum atomic E-state index is 12.0. The molecule has 3 rings (SSSR count). The van der Waals surface area contributed by atoms with E-state index in [9.17, 15) is 4.79 Å². The number of aromatic nitrogens is 1. The molecule has 1 amide bonds. The Hall–Kier alpha value is -2.18. The number of hydrogen-bond acceptors (Lipinski definition) is 5. The molecule has 0 atom stereocenters. The molecular formula is C14H11N3OS2. The number of thiazole rings is 1. The van der Waals surface area contributed by atoms with E-state index in [0.717, 1.165) is 16.9 Å². The van der Waals surface area contributed by atoms with E-state index in [1.807, 2.05) is 41.1 Å². The van der Waals surface area contributed by atoms with Gasteiger partial charge in [-0.05, 0) is 23.6 Å². The predicted octanol–water partition coefficient (Wildman–Crippen LogP) is 3.71. The molecule has 0 fully saturated rings. The number of rotatable bonds is 3. The number of benzene rings is 1. The van der Waals surface area contributed by atoms with Crippen molar-refractivity contribution in [1.82, 2.24) is 4.98 Å². The molecule has 0 unspecified atom stereocenters. The molecule has 0 aliphatic carbocycles. The zero-order valence-corrected chi connectivity index (χ0v) is 12.0. The van der Waals surface area contributed by atoms with Crippen LogP contribution in [0.1, 0.15) is 9.67 Å². The molecule has 20 heavy (non-hydrogen) atoms. The van der Waals surface area contributed by atoms with Crippen LogP contribution in [0.2, 0.25) is 0 Å². The number of nitrogens with one attached hydrogen (secondary N) is 1. The summed E-state index contributed by atoms with van der Waals surface area (Å²) in [7, 11) is 0. The first kappa shape index (κ1) is 12.8. The van der Waals surface area contributed by atoms with E-state index in [-0.39, 0.29) is 5.91 Å². The molecule has 0 spiro atoms. The molecular weight excluding hydrogens is 290 g/mol. The lowest BCUT2D eigenvalue weighted by atomic mass is 10.1. The van der Waals surface area contributed by atoms with Crippen LogP contribution in [-0.4, -0.2) is 10.9 Å². The van der Waals surface area contributed by atoms with Gasteiger partial charge in [0.25, 0.3) is 5.91 Å². The highest BCUT2D eigenvalue weighted by atomic mass is 32.1. The Balaban J connectivity index is 1.83. The van der Waals surface area contributed by atoms with E-state index in [0.29, 0.717) is 10.0 Å². The van der Waals surface area contributed by atoms with Crippen molar-refractivity contribution in [3.8, 4) is 11.3 Å². The number of carbonyl (C=O) groups excluding carboxylic acids is 1. The first-order valence-corrected chi connectivity index (χ1v) is 7.64. The van der Waals surface area contributed by atoms with Gasteiger partial charge in [-0.2, -0.15) is 0 Å². The molecule has 3 N–H and O–H groups in total. The molecule has 0 bridgehead atoms. The summed E-state index contributed by atoms with van der Waals surface area (Å²) in [4.78, 5) is 16.9. The van der Waals surface area contributed by atoms with E-state index in [1.165, 1.54) is 22.7 Å². The van der Waals surface area contributed by atoms with Crippen LogP contribution in [0.3, 0.4) is 0 Å². The summed E-state index contributed by atoms with van der Waals surface area (Å²) in [6.45, 7) is 0. The van der Waals surface area contributed by atoms with Crippen LogP contribution in [0.15, 0.2) is 47.2 Å². The highest BCUT2D eigenvalue weighted by Gasteiger charge is 2.08. The lowest BCUT2D eigenvalue weighted by Gasteiger charge is -2.05. The summed E-state index contributed by atoms with van der Waals surface area (Å²) in [5.74, 6) is -0.102. The fourth-order valence-corrected chi connectivity index (χ4v) is 2.97. The molecule has 100 valence electrons. The van der Waals surface area contributed by atoms with Gasteiger partial charge in [-0.15, -0.1) is 22.7 Å². The van der Waals surface area contributed by atoms with Crippen molar-refractivity contribution in [2.45, 2.75) is 0 Å². The summed E-state index contributed by atoms with van der Waals surface area (Å²) in [6.07, 6.45) is 0. The second kappa shape index (κ2) is 5.44. The zero-order chi connectivity index (χ0) is 13.9. The Morgan fingerprint density at radius 3 is 2.80 bits per heavy atom. The smallest absolute Gasteiger partial charge is 0.265 e. The van der Waals surface area contributed by atoms with Gasteiger partial charge < -0.3 is 11.1 Å². The van der Waals surface area contributed by atoms with Crippen LogP contribution in [0.4, 0.5) is 10.8 Å². The highest BCUT2D eigenvalue weighted by molar-refractivity contribution is 7.13. The lowest BCUT2D eigenvalue weighted by molar-refractivity contribution is 0.103. The molecule has 3 aromatic rings. The molecule has 1 aromatic carbocycles. The fraction of sp³-hybridized carbons (Fsp3) is 0. The summed E-state index contributed by atoms with van der Waals surface area (Å²) in [6, 6.07) is 11.2. The molecule has 2 heterocycles. The van der Waals surface area contributed by atoms with Gasteiger partial charge >= 0.3 is 0 Å². The highest BCUT2D eigenvalue weighted by Crippen LogP contribution is 2.25. The van der Waals surface area contributed by atoms with Crippen molar-refractivity contribution in [2.75, 3.05) is 11.1 Å². The average Bonchev–Trinajstić information content (AvgIpc) is 3.10. The van der Waals surface area contributed by atoms with E-state index < -0.39 is 0 Å².